The molecular weight excluding hydrogens is 454 g/mol. The van der Waals surface area contributed by atoms with Gasteiger partial charge >= 0.3 is 0 Å². The number of nitro groups is 1. The van der Waals surface area contributed by atoms with E-state index in [-0.39, 0.29) is 21.3 Å². The summed E-state index contributed by atoms with van der Waals surface area (Å²) < 4.78 is 1.10. The van der Waals surface area contributed by atoms with E-state index in [9.17, 15) is 20.0 Å². The number of phenolic OH excluding ortho intramolecular Hbond substituents is 1. The highest BCUT2D eigenvalue weighted by molar-refractivity contribution is 9.10. The van der Waals surface area contributed by atoms with Gasteiger partial charge in [0.15, 0.2) is 4.32 Å². The third kappa shape index (κ3) is 4.41. The minimum absolute atomic E-state index is 0.106. The fourth-order valence-electron chi connectivity index (χ4n) is 2.19. The van der Waals surface area contributed by atoms with E-state index in [1.165, 1.54) is 12.1 Å². The third-order valence-electron chi connectivity index (χ3n) is 3.45. The lowest BCUT2D eigenvalue weighted by Gasteiger charge is -2.06. The smallest absolute Gasteiger partial charge is 0.286 e. The molecule has 2 aromatic carbocycles. The fourth-order valence-corrected chi connectivity index (χ4v) is 3.78. The van der Waals surface area contributed by atoms with Gasteiger partial charge in [-0.05, 0) is 42.1 Å². The molecule has 27 heavy (non-hydrogen) atoms. The maximum atomic E-state index is 12.5. The van der Waals surface area contributed by atoms with Gasteiger partial charge in [0.1, 0.15) is 5.75 Å². The summed E-state index contributed by atoms with van der Waals surface area (Å²) in [4.78, 5) is 23.2. The number of aromatic hydroxyl groups is 1. The van der Waals surface area contributed by atoms with Crippen molar-refractivity contribution in [3.63, 3.8) is 0 Å². The standard InChI is InChI=1S/C17H10BrN3O4S2/c18-12-3-1-2-10(6-12)7-15-16(23)20(17(26)27-15)19-9-11-8-13(21(24)25)4-5-14(11)22/h1-9,22H/b15-7+,19-9-. The molecule has 0 bridgehead atoms. The van der Waals surface area contributed by atoms with Crippen LogP contribution in [0.2, 0.25) is 0 Å². The highest BCUT2D eigenvalue weighted by atomic mass is 79.9. The fraction of sp³-hybridized carbons (Fsp3) is 0. The summed E-state index contributed by atoms with van der Waals surface area (Å²) in [5.74, 6) is -0.606. The van der Waals surface area contributed by atoms with Crippen molar-refractivity contribution in [1.82, 2.24) is 5.01 Å². The van der Waals surface area contributed by atoms with Gasteiger partial charge in [0.25, 0.3) is 11.6 Å². The molecule has 0 spiro atoms. The van der Waals surface area contributed by atoms with Crippen LogP contribution in [0.15, 0.2) is 56.9 Å². The second-order valence-electron chi connectivity index (χ2n) is 5.29. The Bertz CT molecular complexity index is 1020. The van der Waals surface area contributed by atoms with Crippen molar-refractivity contribution in [2.24, 2.45) is 5.10 Å². The van der Waals surface area contributed by atoms with Gasteiger partial charge in [0, 0.05) is 22.2 Å². The molecule has 1 amide bonds. The van der Waals surface area contributed by atoms with E-state index in [1.807, 2.05) is 24.3 Å². The van der Waals surface area contributed by atoms with Crippen molar-refractivity contribution in [2.45, 2.75) is 0 Å². The van der Waals surface area contributed by atoms with E-state index >= 15 is 0 Å². The summed E-state index contributed by atoms with van der Waals surface area (Å²) in [6, 6.07) is 11.0. The number of carbonyl (C=O) groups excluding carboxylic acids is 1. The summed E-state index contributed by atoms with van der Waals surface area (Å²) in [5, 5.41) is 25.7. The molecule has 7 nitrogen and oxygen atoms in total. The summed E-state index contributed by atoms with van der Waals surface area (Å²) in [7, 11) is 0. The van der Waals surface area contributed by atoms with Crippen molar-refractivity contribution in [3.05, 3.63) is 73.1 Å². The minimum atomic E-state index is -0.586. The zero-order valence-electron chi connectivity index (χ0n) is 13.4. The number of hydrogen-bond acceptors (Lipinski definition) is 7. The first-order valence-corrected chi connectivity index (χ1v) is 9.42. The number of halogens is 1. The van der Waals surface area contributed by atoms with Crippen LogP contribution in [0.3, 0.4) is 0 Å². The van der Waals surface area contributed by atoms with Gasteiger partial charge in [0.2, 0.25) is 0 Å². The molecule has 136 valence electrons. The lowest BCUT2D eigenvalue weighted by Crippen LogP contribution is -2.22. The molecule has 3 rings (SSSR count). The van der Waals surface area contributed by atoms with E-state index < -0.39 is 10.8 Å². The molecule has 1 saturated heterocycles. The van der Waals surface area contributed by atoms with Crippen molar-refractivity contribution < 1.29 is 14.8 Å². The van der Waals surface area contributed by atoms with Crippen LogP contribution < -0.4 is 0 Å². The summed E-state index contributed by atoms with van der Waals surface area (Å²) in [5.41, 5.74) is 0.730. The number of hydrogen-bond donors (Lipinski definition) is 1. The Balaban J connectivity index is 1.85. The van der Waals surface area contributed by atoms with Gasteiger partial charge in [0.05, 0.1) is 16.0 Å². The summed E-state index contributed by atoms with van der Waals surface area (Å²) >= 11 is 9.66. The number of nitro benzene ring substituents is 1. The van der Waals surface area contributed by atoms with Crippen LogP contribution in [-0.4, -0.2) is 31.5 Å². The highest BCUT2D eigenvalue weighted by Gasteiger charge is 2.32. The lowest BCUT2D eigenvalue weighted by molar-refractivity contribution is -0.384. The summed E-state index contributed by atoms with van der Waals surface area (Å²) in [6.45, 7) is 0. The number of hydrazone groups is 1. The monoisotopic (exact) mass is 463 g/mol. The molecule has 0 aromatic heterocycles. The predicted molar refractivity (Wildman–Crippen MR) is 112 cm³/mol. The van der Waals surface area contributed by atoms with Crippen molar-refractivity contribution >= 4 is 68.1 Å². The van der Waals surface area contributed by atoms with Gasteiger partial charge in [-0.2, -0.15) is 10.1 Å². The van der Waals surface area contributed by atoms with Gasteiger partial charge in [-0.1, -0.05) is 39.8 Å². The van der Waals surface area contributed by atoms with E-state index in [4.69, 9.17) is 12.2 Å². The molecule has 1 fully saturated rings. The number of carbonyl (C=O) groups is 1. The average Bonchev–Trinajstić information content (AvgIpc) is 2.87. The number of amides is 1. The quantitative estimate of drug-likeness (QED) is 0.238. The number of rotatable bonds is 4. The van der Waals surface area contributed by atoms with Crippen LogP contribution in [0.1, 0.15) is 11.1 Å². The molecule has 1 aliphatic heterocycles. The topological polar surface area (TPSA) is 96.0 Å². The molecule has 0 saturated carbocycles. The lowest BCUT2D eigenvalue weighted by atomic mass is 10.2. The molecule has 0 radical (unpaired) electrons. The molecule has 2 aromatic rings. The Hall–Kier alpha value is -2.56. The SMILES string of the molecule is O=C1/C(=C\c2cccc(Br)c2)SC(=S)N1/N=C\c1cc([N+](=O)[O-])ccc1O. The Morgan fingerprint density at radius 1 is 1.30 bits per heavy atom. The van der Waals surface area contributed by atoms with E-state index in [2.05, 4.69) is 21.0 Å². The Kier molecular flexibility index (Phi) is 5.68. The van der Waals surface area contributed by atoms with Crippen molar-refractivity contribution in [3.8, 4) is 5.75 Å². The predicted octanol–water partition coefficient (Wildman–Crippen LogP) is 4.30. The van der Waals surface area contributed by atoms with Gasteiger partial charge in [-0.3, -0.25) is 14.9 Å². The second-order valence-corrected chi connectivity index (χ2v) is 7.88. The van der Waals surface area contributed by atoms with E-state index in [1.54, 1.807) is 6.08 Å². The molecule has 10 heteroatoms. The van der Waals surface area contributed by atoms with Gasteiger partial charge in [-0.15, -0.1) is 0 Å². The Labute approximate surface area is 171 Å². The maximum Gasteiger partial charge on any atom is 0.286 e. The molecule has 1 aliphatic rings. The molecule has 1 heterocycles. The second kappa shape index (κ2) is 7.99. The Morgan fingerprint density at radius 2 is 2.07 bits per heavy atom. The maximum absolute atomic E-state index is 12.5. The molecular formula is C17H10BrN3O4S2. The summed E-state index contributed by atoms with van der Waals surface area (Å²) in [6.07, 6.45) is 2.86. The number of non-ortho nitro benzene ring substituents is 1. The van der Waals surface area contributed by atoms with Crippen LogP contribution in [0, 0.1) is 10.1 Å². The number of nitrogens with zero attached hydrogens (tertiary/aromatic N) is 3. The Morgan fingerprint density at radius 3 is 2.78 bits per heavy atom. The van der Waals surface area contributed by atoms with Crippen LogP contribution in [0.4, 0.5) is 5.69 Å². The van der Waals surface area contributed by atoms with Crippen molar-refractivity contribution in [1.29, 1.82) is 0 Å². The highest BCUT2D eigenvalue weighted by Crippen LogP contribution is 2.33. The molecule has 0 aliphatic carbocycles. The van der Waals surface area contributed by atoms with Gasteiger partial charge < -0.3 is 5.11 Å². The van der Waals surface area contributed by atoms with E-state index in [0.717, 1.165) is 39.1 Å². The normalized spacial score (nSPS) is 15.9. The van der Waals surface area contributed by atoms with Crippen LogP contribution >= 0.6 is 39.9 Å². The van der Waals surface area contributed by atoms with Crippen LogP contribution in [-0.2, 0) is 4.79 Å². The average molecular weight is 464 g/mol. The first-order valence-electron chi connectivity index (χ1n) is 7.40. The number of phenols is 1. The van der Waals surface area contributed by atoms with Gasteiger partial charge in [-0.25, -0.2) is 0 Å². The number of benzene rings is 2. The third-order valence-corrected chi connectivity index (χ3v) is 5.23. The van der Waals surface area contributed by atoms with Crippen LogP contribution in [0.25, 0.3) is 6.08 Å². The first kappa shape index (κ1) is 19.2. The molecule has 1 N–H and O–H groups in total. The molecule has 0 unspecified atom stereocenters. The number of thiocarbonyl (C=S) groups is 1. The van der Waals surface area contributed by atoms with Crippen molar-refractivity contribution in [2.75, 3.05) is 0 Å². The largest absolute Gasteiger partial charge is 0.507 e. The zero-order valence-corrected chi connectivity index (χ0v) is 16.6. The zero-order chi connectivity index (χ0) is 19.6. The van der Waals surface area contributed by atoms with Crippen LogP contribution in [0.5, 0.6) is 5.75 Å². The number of thioether (sulfide) groups is 1. The minimum Gasteiger partial charge on any atom is -0.507 e. The van der Waals surface area contributed by atoms with E-state index in [0.29, 0.717) is 4.91 Å². The molecule has 0 atom stereocenters. The first-order chi connectivity index (χ1) is 12.8.